The predicted octanol–water partition coefficient (Wildman–Crippen LogP) is 2.26. The molecule has 136 valence electrons. The Hall–Kier alpha value is -2.64. The molecule has 0 aromatic carbocycles. The number of rotatable bonds is 7. The fourth-order valence-electron chi connectivity index (χ4n) is 4.20. The number of hydrogen-bond acceptors (Lipinski definition) is 4. The van der Waals surface area contributed by atoms with Gasteiger partial charge >= 0.3 is 17.9 Å². The lowest BCUT2D eigenvalue weighted by molar-refractivity contribution is 0.0628. The lowest BCUT2D eigenvalue weighted by atomic mass is 9.90. The fourth-order valence-corrected chi connectivity index (χ4v) is 4.20. The van der Waals surface area contributed by atoms with Crippen LogP contribution in [0.1, 0.15) is 77.7 Å². The second kappa shape index (κ2) is 6.02. The molecular formula is C17H21NO7. The first kappa shape index (κ1) is 18.7. The Morgan fingerprint density at radius 2 is 1.56 bits per heavy atom. The molecule has 1 saturated carbocycles. The molecule has 8 nitrogen and oxygen atoms in total. The third kappa shape index (κ3) is 2.43. The van der Waals surface area contributed by atoms with E-state index >= 15 is 0 Å². The van der Waals surface area contributed by atoms with Crippen LogP contribution >= 0.6 is 0 Å². The quantitative estimate of drug-likeness (QED) is 0.686. The number of carbonyl (C=O) groups is 3. The Kier molecular flexibility index (Phi) is 4.50. The van der Waals surface area contributed by atoms with E-state index in [4.69, 9.17) is 0 Å². The van der Waals surface area contributed by atoms with Gasteiger partial charge in [-0.15, -0.1) is 0 Å². The van der Waals surface area contributed by atoms with E-state index < -0.39 is 45.7 Å². The molecule has 1 aliphatic rings. The van der Waals surface area contributed by atoms with Gasteiger partial charge in [0.15, 0.2) is 0 Å². The van der Waals surface area contributed by atoms with Gasteiger partial charge in [0, 0.05) is 6.20 Å². The highest BCUT2D eigenvalue weighted by atomic mass is 16.4. The van der Waals surface area contributed by atoms with E-state index in [0.717, 1.165) is 19.0 Å². The molecule has 1 fully saturated rings. The lowest BCUT2D eigenvalue weighted by Gasteiger charge is -2.29. The summed E-state index contributed by atoms with van der Waals surface area (Å²) < 4.78 is 1.22. The third-order valence-corrected chi connectivity index (χ3v) is 5.75. The molecule has 1 aromatic rings. The fraction of sp³-hybridized carbons (Fsp3) is 0.529. The van der Waals surface area contributed by atoms with Gasteiger partial charge < -0.3 is 19.9 Å². The molecule has 1 heterocycles. The van der Waals surface area contributed by atoms with E-state index in [9.17, 15) is 34.5 Å². The average Bonchev–Trinajstić information content (AvgIpc) is 3.23. The van der Waals surface area contributed by atoms with Crippen molar-refractivity contribution in [2.24, 2.45) is 5.41 Å². The second-order valence-electron chi connectivity index (χ2n) is 6.43. The monoisotopic (exact) mass is 351 g/mol. The maximum Gasteiger partial charge on any atom is 0.353 e. The van der Waals surface area contributed by atoms with Gasteiger partial charge in [-0.2, -0.15) is 0 Å². The van der Waals surface area contributed by atoms with Crippen molar-refractivity contribution in [3.63, 3.8) is 0 Å². The molecule has 25 heavy (non-hydrogen) atoms. The zero-order chi connectivity index (χ0) is 19.2. The van der Waals surface area contributed by atoms with Gasteiger partial charge in [0.1, 0.15) is 16.8 Å². The molecule has 8 heteroatoms. The molecule has 0 saturated heterocycles. The van der Waals surface area contributed by atoms with Crippen LogP contribution in [0, 0.1) is 5.41 Å². The van der Waals surface area contributed by atoms with Crippen LogP contribution in [-0.2, 0) is 5.54 Å². The second-order valence-corrected chi connectivity index (χ2v) is 6.43. The number of hydrogen-bond donors (Lipinski definition) is 3. The van der Waals surface area contributed by atoms with Crippen LogP contribution in [0.4, 0.5) is 0 Å². The summed E-state index contributed by atoms with van der Waals surface area (Å²) in [5, 5.41) is 28.2. The smallest absolute Gasteiger partial charge is 0.353 e. The molecule has 1 unspecified atom stereocenters. The number of aromatic carboxylic acids is 3. The summed E-state index contributed by atoms with van der Waals surface area (Å²) in [6, 6.07) is 0. The van der Waals surface area contributed by atoms with Crippen LogP contribution in [0.2, 0.25) is 0 Å². The van der Waals surface area contributed by atoms with Crippen LogP contribution in [0.3, 0.4) is 0 Å². The van der Waals surface area contributed by atoms with E-state index in [1.165, 1.54) is 4.57 Å². The Balaban J connectivity index is 2.96. The highest BCUT2D eigenvalue weighted by Crippen LogP contribution is 2.67. The van der Waals surface area contributed by atoms with E-state index in [1.54, 1.807) is 0 Å². The van der Waals surface area contributed by atoms with Gasteiger partial charge in [-0.25, -0.2) is 14.4 Å². The molecule has 1 aromatic heterocycles. The minimum Gasteiger partial charge on any atom is -0.477 e. The number of pyridine rings is 1. The van der Waals surface area contributed by atoms with Crippen LogP contribution in [-0.4, -0.2) is 37.8 Å². The van der Waals surface area contributed by atoms with Crippen LogP contribution in [0.25, 0.3) is 0 Å². The van der Waals surface area contributed by atoms with Gasteiger partial charge in [0.05, 0.1) is 5.54 Å². The molecule has 0 radical (unpaired) electrons. The molecule has 0 spiro atoms. The Morgan fingerprint density at radius 1 is 1.00 bits per heavy atom. The van der Waals surface area contributed by atoms with Crippen molar-refractivity contribution in [1.29, 1.82) is 0 Å². The summed E-state index contributed by atoms with van der Waals surface area (Å²) in [6.07, 6.45) is 3.55. The average molecular weight is 351 g/mol. The molecule has 1 atom stereocenters. The maximum absolute atomic E-state index is 12.2. The topological polar surface area (TPSA) is 134 Å². The number of carboxylic acid groups (broad SMARTS) is 3. The normalized spacial score (nSPS) is 20.9. The van der Waals surface area contributed by atoms with E-state index in [0.29, 0.717) is 12.8 Å². The molecule has 3 N–H and O–H groups in total. The number of carboxylic acids is 3. The van der Waals surface area contributed by atoms with Crippen molar-refractivity contribution >= 4 is 17.9 Å². The summed E-state index contributed by atoms with van der Waals surface area (Å²) in [5.41, 5.74) is -4.66. The number of aromatic nitrogens is 1. The van der Waals surface area contributed by atoms with Gasteiger partial charge in [-0.05, 0) is 31.1 Å². The Morgan fingerprint density at radius 3 is 1.88 bits per heavy atom. The van der Waals surface area contributed by atoms with E-state index in [2.05, 4.69) is 0 Å². The third-order valence-electron chi connectivity index (χ3n) is 5.75. The molecular weight excluding hydrogens is 330 g/mol. The molecule has 1 aliphatic carbocycles. The molecule has 2 rings (SSSR count). The highest BCUT2D eigenvalue weighted by Gasteiger charge is 2.65. The summed E-state index contributed by atoms with van der Waals surface area (Å²) >= 11 is 0. The summed E-state index contributed by atoms with van der Waals surface area (Å²) in [6.45, 7) is 5.76. The van der Waals surface area contributed by atoms with Gasteiger partial charge in [-0.1, -0.05) is 20.8 Å². The lowest BCUT2D eigenvalue weighted by Crippen LogP contribution is -2.36. The van der Waals surface area contributed by atoms with Crippen LogP contribution in [0.5, 0.6) is 0 Å². The number of nitrogens with zero attached hydrogens (tertiary/aromatic N) is 1. The van der Waals surface area contributed by atoms with Gasteiger partial charge in [0.2, 0.25) is 5.43 Å². The Labute approximate surface area is 143 Å². The van der Waals surface area contributed by atoms with Crippen LogP contribution in [0.15, 0.2) is 11.0 Å². The largest absolute Gasteiger partial charge is 0.477 e. The van der Waals surface area contributed by atoms with Crippen molar-refractivity contribution in [1.82, 2.24) is 4.57 Å². The van der Waals surface area contributed by atoms with E-state index in [1.807, 2.05) is 20.8 Å². The SMILES string of the molecule is CCC1(CC)CC1(CC)n1cc(C(=O)O)c(=O)c(C(=O)O)c1C(=O)O. The van der Waals surface area contributed by atoms with Crippen molar-refractivity contribution < 1.29 is 29.7 Å². The van der Waals surface area contributed by atoms with Crippen LogP contribution < -0.4 is 5.43 Å². The first-order valence-corrected chi connectivity index (χ1v) is 8.12. The molecule has 0 amide bonds. The van der Waals surface area contributed by atoms with Crippen molar-refractivity contribution in [3.05, 3.63) is 33.2 Å². The maximum atomic E-state index is 12.2. The van der Waals surface area contributed by atoms with Crippen molar-refractivity contribution in [2.75, 3.05) is 0 Å². The first-order chi connectivity index (χ1) is 11.6. The highest BCUT2D eigenvalue weighted by molar-refractivity contribution is 6.02. The van der Waals surface area contributed by atoms with Crippen molar-refractivity contribution in [3.8, 4) is 0 Å². The zero-order valence-electron chi connectivity index (χ0n) is 14.3. The standard InChI is InChI=1S/C17H21NO7/c1-4-16(5-2)8-17(16,6-3)18-7-9(13(20)21)12(19)10(14(22)23)11(18)15(24)25/h7H,4-6,8H2,1-3H3,(H,20,21)(H,22,23)(H,24,25). The van der Waals surface area contributed by atoms with Crippen molar-refractivity contribution in [2.45, 2.75) is 52.0 Å². The van der Waals surface area contributed by atoms with E-state index in [-0.39, 0.29) is 5.41 Å². The van der Waals surface area contributed by atoms with Gasteiger partial charge in [0.25, 0.3) is 0 Å². The summed E-state index contributed by atoms with van der Waals surface area (Å²) in [7, 11) is 0. The summed E-state index contributed by atoms with van der Waals surface area (Å²) in [5.74, 6) is -4.89. The molecule has 0 aliphatic heterocycles. The first-order valence-electron chi connectivity index (χ1n) is 8.12. The molecule has 0 bridgehead atoms. The minimum atomic E-state index is -1.75. The minimum absolute atomic E-state index is 0.257. The summed E-state index contributed by atoms with van der Waals surface area (Å²) in [4.78, 5) is 47.0. The Bertz CT molecular complexity index is 819. The van der Waals surface area contributed by atoms with Gasteiger partial charge in [-0.3, -0.25) is 4.79 Å². The predicted molar refractivity (Wildman–Crippen MR) is 87.5 cm³/mol. The zero-order valence-corrected chi connectivity index (χ0v) is 14.3.